The summed E-state index contributed by atoms with van der Waals surface area (Å²) in [6, 6.07) is 21.3. The van der Waals surface area contributed by atoms with Gasteiger partial charge in [0.1, 0.15) is 43.8 Å². The van der Waals surface area contributed by atoms with Crippen molar-refractivity contribution in [3.8, 4) is 0 Å². The number of aromatic carboxylic acids is 1. The first kappa shape index (κ1) is 45.0. The Morgan fingerprint density at radius 3 is 1.76 bits per heavy atom. The maximum absolute atomic E-state index is 13.0. The second-order valence-electron chi connectivity index (χ2n) is 12.6. The maximum atomic E-state index is 13.0. The van der Waals surface area contributed by atoms with E-state index in [1.165, 1.54) is 66.7 Å². The van der Waals surface area contributed by atoms with Crippen molar-refractivity contribution in [2.24, 2.45) is 30.7 Å². The van der Waals surface area contributed by atoms with Crippen LogP contribution in [0.4, 0.5) is 45.5 Å². The highest BCUT2D eigenvalue weighted by atomic mass is 32.3. The third kappa shape index (κ3) is 9.99. The molecule has 0 saturated heterocycles. The summed E-state index contributed by atoms with van der Waals surface area (Å²) in [7, 11) is -14.7. The van der Waals surface area contributed by atoms with Gasteiger partial charge in [0.15, 0.2) is 11.1 Å². The molecule has 6 rings (SSSR count). The van der Waals surface area contributed by atoms with Crippen LogP contribution >= 0.6 is 0 Å². The van der Waals surface area contributed by atoms with E-state index in [2.05, 4.69) is 34.9 Å². The fraction of sp³-hybridized carbons (Fsp3) is 0.0833. The zero-order valence-corrected chi connectivity index (χ0v) is 34.7. The van der Waals surface area contributed by atoms with Crippen molar-refractivity contribution in [3.05, 3.63) is 102 Å². The molecule has 0 heterocycles. The molecule has 0 aromatic heterocycles. The van der Waals surface area contributed by atoms with Gasteiger partial charge in [0.25, 0.3) is 20.2 Å². The van der Waals surface area contributed by atoms with Crippen LogP contribution in [0.3, 0.4) is 0 Å². The summed E-state index contributed by atoms with van der Waals surface area (Å²) in [6.07, 6.45) is 0. The standard InChI is InChI=1S/C36H30N8O14S4/c1-19-5-4-8-25-23(19)14-16-27(35(25)61(51,52)53)41-43-32-28(36(45)46)31(42-40-26-15-9-20-6-2-3-7-24(20)34(26)60(48,49)50)29(37)33(30(32)38)44-39-21-10-12-22(13-11-21)59(47)57-17-18-58-62(54,55)56/h2-16H,17-18,37-38H2,1H3,(H,45,46)(H,48,49,50)(H,51,52,53)(H,54,55,56). The Hall–Kier alpha value is -6.49. The number of hydrogen-bond donors (Lipinski definition) is 6. The zero-order valence-electron chi connectivity index (χ0n) is 31.4. The molecule has 1 unspecified atom stereocenters. The van der Waals surface area contributed by atoms with E-state index in [9.17, 15) is 48.5 Å². The number of hydrogen-bond acceptors (Lipinski definition) is 18. The molecule has 62 heavy (non-hydrogen) atoms. The number of carbonyl (C=O) groups is 1. The van der Waals surface area contributed by atoms with Crippen LogP contribution in [-0.2, 0) is 50.1 Å². The molecule has 22 nitrogen and oxygen atoms in total. The largest absolute Gasteiger partial charge is 0.478 e. The summed E-state index contributed by atoms with van der Waals surface area (Å²) in [5, 5.41) is 35.5. The van der Waals surface area contributed by atoms with Crippen LogP contribution < -0.4 is 11.5 Å². The highest BCUT2D eigenvalue weighted by Gasteiger charge is 2.28. The van der Waals surface area contributed by atoms with Gasteiger partial charge in [-0.15, -0.1) is 25.6 Å². The lowest BCUT2D eigenvalue weighted by Gasteiger charge is -2.14. The molecule has 6 aromatic rings. The summed E-state index contributed by atoms with van der Waals surface area (Å²) in [5.74, 6) is -1.78. The minimum absolute atomic E-state index is 0.0481. The van der Waals surface area contributed by atoms with Crippen molar-refractivity contribution in [2.45, 2.75) is 21.6 Å². The fourth-order valence-electron chi connectivity index (χ4n) is 5.93. The molecular weight excluding hydrogens is 897 g/mol. The molecule has 0 radical (unpaired) electrons. The number of aryl methyl sites for hydroxylation is 1. The SMILES string of the molecule is Cc1cccc2c(S(=O)(=O)O)c(N=Nc3c(N)c(N=Nc4ccc(S(=O)OCCOS(=O)(=O)O)cc4)c(N)c(N=Nc4ccc5ccccc5c4S(=O)(=O)O)c3C(=O)O)ccc12. The third-order valence-corrected chi connectivity index (χ3v) is 12.0. The second kappa shape index (κ2) is 17.8. The number of rotatable bonds is 15. The van der Waals surface area contributed by atoms with Crippen molar-refractivity contribution >= 4 is 115 Å². The van der Waals surface area contributed by atoms with Gasteiger partial charge in [0.2, 0.25) is 0 Å². The topological polar surface area (TPSA) is 362 Å². The molecule has 0 aliphatic heterocycles. The lowest BCUT2D eigenvalue weighted by Crippen LogP contribution is -2.11. The molecule has 8 N–H and O–H groups in total. The smallest absolute Gasteiger partial charge is 0.397 e. The number of nitrogens with zero attached hydrogens (tertiary/aromatic N) is 6. The maximum Gasteiger partial charge on any atom is 0.397 e. The minimum Gasteiger partial charge on any atom is -0.478 e. The van der Waals surface area contributed by atoms with E-state index >= 15 is 0 Å². The Labute approximate surface area is 353 Å². The summed E-state index contributed by atoms with van der Waals surface area (Å²) >= 11 is -2.13. The van der Waals surface area contributed by atoms with E-state index in [1.54, 1.807) is 31.2 Å². The molecule has 0 amide bonds. The van der Waals surface area contributed by atoms with Crippen molar-refractivity contribution in [1.29, 1.82) is 0 Å². The quantitative estimate of drug-likeness (QED) is 0.0248. The van der Waals surface area contributed by atoms with E-state index in [4.69, 9.17) is 20.2 Å². The summed E-state index contributed by atoms with van der Waals surface area (Å²) in [6.45, 7) is 0.596. The van der Waals surface area contributed by atoms with E-state index in [0.717, 1.165) is 0 Å². The second-order valence-corrected chi connectivity index (χ2v) is 17.6. The van der Waals surface area contributed by atoms with Gasteiger partial charge >= 0.3 is 16.4 Å². The number of carboxylic acids is 1. The summed E-state index contributed by atoms with van der Waals surface area (Å²) < 4.78 is 123. The Morgan fingerprint density at radius 1 is 0.629 bits per heavy atom. The Balaban J connectivity index is 1.51. The molecule has 6 aromatic carbocycles. The molecule has 322 valence electrons. The molecule has 0 bridgehead atoms. The molecule has 0 spiro atoms. The molecule has 26 heteroatoms. The van der Waals surface area contributed by atoms with Crippen LogP contribution in [-0.4, -0.2) is 67.4 Å². The summed E-state index contributed by atoms with van der Waals surface area (Å²) in [4.78, 5) is 11.7. The Kier molecular flexibility index (Phi) is 13.0. The minimum atomic E-state index is -4.99. The number of fused-ring (bicyclic) bond motifs is 2. The average Bonchev–Trinajstić information content (AvgIpc) is 3.20. The lowest BCUT2D eigenvalue weighted by molar-refractivity contribution is 0.0698. The van der Waals surface area contributed by atoms with Crippen LogP contribution in [0.15, 0.2) is 136 Å². The number of carboxylic acid groups (broad SMARTS) is 1. The first-order valence-corrected chi connectivity index (χ1v) is 22.5. The lowest BCUT2D eigenvalue weighted by atomic mass is 10.0. The summed E-state index contributed by atoms with van der Waals surface area (Å²) in [5.41, 5.74) is 8.73. The normalized spacial score (nSPS) is 13.2. The van der Waals surface area contributed by atoms with E-state index in [0.29, 0.717) is 16.3 Å². The van der Waals surface area contributed by atoms with Gasteiger partial charge in [-0.2, -0.15) is 30.4 Å². The van der Waals surface area contributed by atoms with Crippen molar-refractivity contribution in [1.82, 2.24) is 0 Å². The third-order valence-electron chi connectivity index (χ3n) is 8.61. The molecule has 0 fully saturated rings. The van der Waals surface area contributed by atoms with Gasteiger partial charge in [-0.1, -0.05) is 54.6 Å². The van der Waals surface area contributed by atoms with Crippen molar-refractivity contribution in [3.63, 3.8) is 0 Å². The van der Waals surface area contributed by atoms with Gasteiger partial charge in [0, 0.05) is 10.8 Å². The van der Waals surface area contributed by atoms with E-state index in [-0.39, 0.29) is 21.4 Å². The van der Waals surface area contributed by atoms with E-state index in [1.807, 2.05) is 0 Å². The van der Waals surface area contributed by atoms with Crippen LogP contribution in [0.25, 0.3) is 21.5 Å². The fourth-order valence-corrected chi connectivity index (χ4v) is 8.59. The highest BCUT2D eigenvalue weighted by molar-refractivity contribution is 7.86. The first-order valence-electron chi connectivity index (χ1n) is 17.1. The Bertz CT molecular complexity index is 3250. The van der Waals surface area contributed by atoms with Gasteiger partial charge in [-0.3, -0.25) is 17.8 Å². The first-order chi connectivity index (χ1) is 29.2. The number of azo groups is 3. The predicted octanol–water partition coefficient (Wildman–Crippen LogP) is 7.76. The van der Waals surface area contributed by atoms with Crippen LogP contribution in [0.5, 0.6) is 0 Å². The monoisotopic (exact) mass is 926 g/mol. The van der Waals surface area contributed by atoms with Crippen LogP contribution in [0.2, 0.25) is 0 Å². The van der Waals surface area contributed by atoms with Gasteiger partial charge in [-0.05, 0) is 59.7 Å². The zero-order chi connectivity index (χ0) is 45.1. The van der Waals surface area contributed by atoms with Crippen LogP contribution in [0.1, 0.15) is 15.9 Å². The molecule has 0 aliphatic carbocycles. The van der Waals surface area contributed by atoms with Gasteiger partial charge < -0.3 is 16.6 Å². The van der Waals surface area contributed by atoms with Crippen LogP contribution in [0, 0.1) is 6.92 Å². The molecule has 1 atom stereocenters. The number of nitrogens with two attached hydrogens (primary N) is 2. The molecule has 0 saturated carbocycles. The Morgan fingerprint density at radius 2 is 1.18 bits per heavy atom. The van der Waals surface area contributed by atoms with E-state index < -0.39 is 116 Å². The number of nitrogen functional groups attached to an aromatic ring is 2. The highest BCUT2D eigenvalue weighted by Crippen LogP contribution is 2.50. The number of benzene rings is 6. The van der Waals surface area contributed by atoms with Gasteiger partial charge in [0.05, 0.1) is 35.2 Å². The molecule has 0 aliphatic rings. The van der Waals surface area contributed by atoms with Crippen molar-refractivity contribution in [2.75, 3.05) is 24.7 Å². The number of anilines is 2. The van der Waals surface area contributed by atoms with Crippen molar-refractivity contribution < 1.29 is 61.4 Å². The van der Waals surface area contributed by atoms with Gasteiger partial charge in [-0.25, -0.2) is 13.2 Å². The molecular formula is C36H30N8O14S4. The predicted molar refractivity (Wildman–Crippen MR) is 223 cm³/mol. The average molecular weight is 927 g/mol.